The lowest BCUT2D eigenvalue weighted by molar-refractivity contribution is -0.131. The van der Waals surface area contributed by atoms with Gasteiger partial charge in [0, 0.05) is 19.8 Å². The summed E-state index contributed by atoms with van der Waals surface area (Å²) in [6, 6.07) is 15.3. The van der Waals surface area contributed by atoms with Crippen molar-refractivity contribution in [2.75, 3.05) is 24.7 Å². The molecule has 2 aromatic carbocycles. The number of imidazole rings is 1. The van der Waals surface area contributed by atoms with E-state index in [2.05, 4.69) is 10.3 Å². The molecule has 0 saturated heterocycles. The van der Waals surface area contributed by atoms with Crippen LogP contribution >= 0.6 is 11.8 Å². The molecule has 150 valence electrons. The van der Waals surface area contributed by atoms with Crippen LogP contribution in [0.4, 0.5) is 10.1 Å². The van der Waals surface area contributed by atoms with Crippen LogP contribution in [-0.4, -0.2) is 45.6 Å². The molecular formula is C21H21FN4O2S. The fourth-order valence-corrected chi connectivity index (χ4v) is 3.57. The van der Waals surface area contributed by atoms with Crippen molar-refractivity contribution in [2.45, 2.75) is 5.16 Å². The van der Waals surface area contributed by atoms with Gasteiger partial charge in [0.25, 0.3) is 0 Å². The Morgan fingerprint density at radius 2 is 1.83 bits per heavy atom. The number of hydrogen-bond acceptors (Lipinski definition) is 4. The van der Waals surface area contributed by atoms with Crippen molar-refractivity contribution in [1.29, 1.82) is 0 Å². The molecule has 0 spiro atoms. The second-order valence-corrected chi connectivity index (χ2v) is 7.39. The second kappa shape index (κ2) is 9.38. The highest BCUT2D eigenvalue weighted by Gasteiger charge is 2.16. The lowest BCUT2D eigenvalue weighted by atomic mass is 10.2. The van der Waals surface area contributed by atoms with Gasteiger partial charge in [0.1, 0.15) is 5.82 Å². The zero-order chi connectivity index (χ0) is 20.8. The first-order chi connectivity index (χ1) is 13.9. The number of thioether (sulfide) groups is 1. The van der Waals surface area contributed by atoms with E-state index in [1.807, 2.05) is 41.9 Å². The molecular weight excluding hydrogens is 391 g/mol. The van der Waals surface area contributed by atoms with Crippen LogP contribution in [0.3, 0.4) is 0 Å². The minimum atomic E-state index is -0.378. The van der Waals surface area contributed by atoms with E-state index in [0.717, 1.165) is 16.4 Å². The van der Waals surface area contributed by atoms with Crippen LogP contribution in [0.5, 0.6) is 0 Å². The summed E-state index contributed by atoms with van der Waals surface area (Å²) in [5, 5.41) is 3.36. The van der Waals surface area contributed by atoms with Crippen molar-refractivity contribution in [3.05, 3.63) is 66.6 Å². The predicted molar refractivity (Wildman–Crippen MR) is 112 cm³/mol. The maximum Gasteiger partial charge on any atom is 0.243 e. The highest BCUT2D eigenvalue weighted by Crippen LogP contribution is 2.24. The van der Waals surface area contributed by atoms with Crippen molar-refractivity contribution in [3.8, 4) is 11.3 Å². The van der Waals surface area contributed by atoms with Crippen molar-refractivity contribution in [2.24, 2.45) is 7.05 Å². The molecule has 3 aromatic rings. The van der Waals surface area contributed by atoms with Gasteiger partial charge in [-0.15, -0.1) is 0 Å². The van der Waals surface area contributed by atoms with Gasteiger partial charge >= 0.3 is 0 Å². The van der Waals surface area contributed by atoms with Crippen LogP contribution in [0, 0.1) is 5.82 Å². The Morgan fingerprint density at radius 3 is 2.52 bits per heavy atom. The van der Waals surface area contributed by atoms with Gasteiger partial charge in [0.05, 0.1) is 24.2 Å². The summed E-state index contributed by atoms with van der Waals surface area (Å²) < 4.78 is 14.9. The molecule has 0 aliphatic carbocycles. The molecule has 3 rings (SSSR count). The fraction of sp³-hybridized carbons (Fsp3) is 0.190. The SMILES string of the molecule is CN(CC(=O)Nc1ccc(F)cc1)C(=O)CSc1ncc(-c2ccccc2)n1C. The van der Waals surface area contributed by atoms with Crippen LogP contribution in [0.2, 0.25) is 0 Å². The van der Waals surface area contributed by atoms with E-state index < -0.39 is 0 Å². The van der Waals surface area contributed by atoms with Crippen LogP contribution in [0.15, 0.2) is 66.0 Å². The number of hydrogen-bond donors (Lipinski definition) is 1. The predicted octanol–water partition coefficient (Wildman–Crippen LogP) is 3.42. The fourth-order valence-electron chi connectivity index (χ4n) is 2.68. The van der Waals surface area contributed by atoms with Gasteiger partial charge in [0.2, 0.25) is 11.8 Å². The molecule has 1 N–H and O–H groups in total. The minimum Gasteiger partial charge on any atom is -0.336 e. The first-order valence-corrected chi connectivity index (χ1v) is 9.92. The Kier molecular flexibility index (Phi) is 6.66. The van der Waals surface area contributed by atoms with Gasteiger partial charge in [0.15, 0.2) is 5.16 Å². The summed E-state index contributed by atoms with van der Waals surface area (Å²) in [4.78, 5) is 30.2. The lowest BCUT2D eigenvalue weighted by Crippen LogP contribution is -2.36. The van der Waals surface area contributed by atoms with Crippen molar-refractivity contribution in [3.63, 3.8) is 0 Å². The van der Waals surface area contributed by atoms with Gasteiger partial charge in [-0.2, -0.15) is 0 Å². The molecule has 1 aromatic heterocycles. The first-order valence-electron chi connectivity index (χ1n) is 8.93. The van der Waals surface area contributed by atoms with E-state index in [0.29, 0.717) is 5.69 Å². The number of carbonyl (C=O) groups excluding carboxylic acids is 2. The van der Waals surface area contributed by atoms with E-state index in [1.54, 1.807) is 13.2 Å². The molecule has 0 fully saturated rings. The maximum atomic E-state index is 12.9. The zero-order valence-corrected chi connectivity index (χ0v) is 16.9. The summed E-state index contributed by atoms with van der Waals surface area (Å²) in [7, 11) is 3.48. The molecule has 0 atom stereocenters. The van der Waals surface area contributed by atoms with Gasteiger partial charge < -0.3 is 14.8 Å². The third kappa shape index (κ3) is 5.45. The number of benzene rings is 2. The average molecular weight is 412 g/mol. The number of nitrogens with zero attached hydrogens (tertiary/aromatic N) is 3. The number of anilines is 1. The molecule has 29 heavy (non-hydrogen) atoms. The summed E-state index contributed by atoms with van der Waals surface area (Å²) in [5.74, 6) is -0.745. The Balaban J connectivity index is 1.52. The van der Waals surface area contributed by atoms with Gasteiger partial charge in [-0.05, 0) is 29.8 Å². The molecule has 1 heterocycles. The highest BCUT2D eigenvalue weighted by atomic mass is 32.2. The van der Waals surface area contributed by atoms with Crippen LogP contribution in [0.1, 0.15) is 0 Å². The molecule has 0 radical (unpaired) electrons. The van der Waals surface area contributed by atoms with Crippen molar-refractivity contribution < 1.29 is 14.0 Å². The monoisotopic (exact) mass is 412 g/mol. The lowest BCUT2D eigenvalue weighted by Gasteiger charge is -2.16. The third-order valence-corrected chi connectivity index (χ3v) is 5.30. The topological polar surface area (TPSA) is 67.2 Å². The summed E-state index contributed by atoms with van der Waals surface area (Å²) in [6.45, 7) is -0.0907. The molecule has 2 amide bonds. The Bertz CT molecular complexity index is 990. The number of carbonyl (C=O) groups is 2. The standard InChI is InChI=1S/C21H21FN4O2S/c1-25(13-19(27)24-17-10-8-16(22)9-11-17)20(28)14-29-21-23-12-18(26(21)2)15-6-4-3-5-7-15/h3-12H,13-14H2,1-2H3,(H,24,27). The first kappa shape index (κ1) is 20.6. The molecule has 8 heteroatoms. The molecule has 6 nitrogen and oxygen atoms in total. The van der Waals surface area contributed by atoms with E-state index in [9.17, 15) is 14.0 Å². The minimum absolute atomic E-state index is 0.0907. The van der Waals surface area contributed by atoms with Crippen LogP contribution in [-0.2, 0) is 16.6 Å². The number of rotatable bonds is 7. The van der Waals surface area contributed by atoms with Crippen LogP contribution < -0.4 is 5.32 Å². The Labute approximate surface area is 172 Å². The largest absolute Gasteiger partial charge is 0.336 e. The Hall–Kier alpha value is -3.13. The molecule has 0 aliphatic rings. The number of amides is 2. The average Bonchev–Trinajstić information content (AvgIpc) is 3.08. The number of aromatic nitrogens is 2. The third-order valence-electron chi connectivity index (χ3n) is 4.27. The Morgan fingerprint density at radius 1 is 1.14 bits per heavy atom. The summed E-state index contributed by atoms with van der Waals surface area (Å²) in [5.41, 5.74) is 2.50. The van der Waals surface area contributed by atoms with E-state index in [1.165, 1.54) is 40.9 Å². The normalized spacial score (nSPS) is 10.6. The van der Waals surface area contributed by atoms with Crippen molar-refractivity contribution in [1.82, 2.24) is 14.5 Å². The smallest absolute Gasteiger partial charge is 0.243 e. The van der Waals surface area contributed by atoms with Gasteiger partial charge in [-0.1, -0.05) is 42.1 Å². The van der Waals surface area contributed by atoms with Crippen molar-refractivity contribution >= 4 is 29.3 Å². The number of nitrogens with one attached hydrogen (secondary N) is 1. The molecule has 0 unspecified atom stereocenters. The van der Waals surface area contributed by atoms with Gasteiger partial charge in [-0.25, -0.2) is 9.37 Å². The summed E-state index contributed by atoms with van der Waals surface area (Å²) in [6.07, 6.45) is 1.78. The quantitative estimate of drug-likeness (QED) is 0.604. The molecule has 0 aliphatic heterocycles. The maximum absolute atomic E-state index is 12.9. The van der Waals surface area contributed by atoms with E-state index in [4.69, 9.17) is 0 Å². The summed E-state index contributed by atoms with van der Waals surface area (Å²) >= 11 is 1.32. The van der Waals surface area contributed by atoms with Crippen LogP contribution in [0.25, 0.3) is 11.3 Å². The zero-order valence-electron chi connectivity index (χ0n) is 16.1. The molecule has 0 saturated carbocycles. The molecule has 0 bridgehead atoms. The number of halogens is 1. The van der Waals surface area contributed by atoms with Gasteiger partial charge in [-0.3, -0.25) is 9.59 Å². The second-order valence-electron chi connectivity index (χ2n) is 6.44. The van der Waals surface area contributed by atoms with E-state index in [-0.39, 0.29) is 29.9 Å². The number of likely N-dealkylation sites (N-methyl/N-ethyl adjacent to an activating group) is 1. The van der Waals surface area contributed by atoms with E-state index >= 15 is 0 Å². The highest BCUT2D eigenvalue weighted by molar-refractivity contribution is 7.99.